The smallest absolute Gasteiger partial charge is 0.249 e. The van der Waals surface area contributed by atoms with E-state index in [-0.39, 0.29) is 18.1 Å². The lowest BCUT2D eigenvalue weighted by Crippen LogP contribution is -2.35. The SMILES string of the molecule is Cc1c(CNC(=O)C2CCC(CN)O2)cnn1C. The summed E-state index contributed by atoms with van der Waals surface area (Å²) in [5.74, 6) is -0.0609. The van der Waals surface area contributed by atoms with Crippen LogP contribution < -0.4 is 11.1 Å². The summed E-state index contributed by atoms with van der Waals surface area (Å²) in [6, 6.07) is 0. The molecule has 6 nitrogen and oxygen atoms in total. The molecule has 2 heterocycles. The summed E-state index contributed by atoms with van der Waals surface area (Å²) in [7, 11) is 1.88. The number of carbonyl (C=O) groups excluding carboxylic acids is 1. The van der Waals surface area contributed by atoms with Crippen LogP contribution in [-0.4, -0.2) is 34.4 Å². The van der Waals surface area contributed by atoms with E-state index in [2.05, 4.69) is 10.4 Å². The quantitative estimate of drug-likeness (QED) is 0.781. The Morgan fingerprint density at radius 3 is 3.00 bits per heavy atom. The van der Waals surface area contributed by atoms with Crippen molar-refractivity contribution in [2.75, 3.05) is 6.54 Å². The van der Waals surface area contributed by atoms with E-state index in [0.717, 1.165) is 24.1 Å². The van der Waals surface area contributed by atoms with Crippen LogP contribution in [0.4, 0.5) is 0 Å². The molecule has 0 aliphatic carbocycles. The Hall–Kier alpha value is -1.40. The Morgan fingerprint density at radius 2 is 2.44 bits per heavy atom. The van der Waals surface area contributed by atoms with Gasteiger partial charge in [0.15, 0.2) is 0 Å². The van der Waals surface area contributed by atoms with Gasteiger partial charge < -0.3 is 15.8 Å². The van der Waals surface area contributed by atoms with Crippen molar-refractivity contribution in [3.63, 3.8) is 0 Å². The van der Waals surface area contributed by atoms with Gasteiger partial charge in [0.25, 0.3) is 0 Å². The number of carbonyl (C=O) groups is 1. The Balaban J connectivity index is 1.84. The standard InChI is InChI=1S/C12H20N4O2/c1-8-9(7-15-16(8)2)6-14-12(17)11-4-3-10(5-13)18-11/h7,10-11H,3-6,13H2,1-2H3,(H,14,17). The molecule has 1 aliphatic heterocycles. The third-order valence-electron chi connectivity index (χ3n) is 3.45. The summed E-state index contributed by atoms with van der Waals surface area (Å²) in [5, 5.41) is 7.02. The van der Waals surface area contributed by atoms with Crippen molar-refractivity contribution < 1.29 is 9.53 Å². The summed E-state index contributed by atoms with van der Waals surface area (Å²) < 4.78 is 7.33. The zero-order chi connectivity index (χ0) is 13.1. The van der Waals surface area contributed by atoms with E-state index < -0.39 is 0 Å². The van der Waals surface area contributed by atoms with Gasteiger partial charge in [-0.1, -0.05) is 0 Å². The lowest BCUT2D eigenvalue weighted by molar-refractivity contribution is -0.132. The van der Waals surface area contributed by atoms with E-state index in [1.54, 1.807) is 10.9 Å². The van der Waals surface area contributed by atoms with Crippen molar-refractivity contribution in [2.24, 2.45) is 12.8 Å². The zero-order valence-corrected chi connectivity index (χ0v) is 10.8. The first-order chi connectivity index (χ1) is 8.61. The molecule has 1 saturated heterocycles. The van der Waals surface area contributed by atoms with E-state index in [9.17, 15) is 4.79 Å². The maximum atomic E-state index is 11.9. The van der Waals surface area contributed by atoms with Crippen LogP contribution in [0.1, 0.15) is 24.1 Å². The number of aryl methyl sites for hydroxylation is 1. The maximum absolute atomic E-state index is 11.9. The highest BCUT2D eigenvalue weighted by molar-refractivity contribution is 5.81. The van der Waals surface area contributed by atoms with Gasteiger partial charge in [0.2, 0.25) is 5.91 Å². The second kappa shape index (κ2) is 5.49. The fraction of sp³-hybridized carbons (Fsp3) is 0.667. The lowest BCUT2D eigenvalue weighted by atomic mass is 10.2. The van der Waals surface area contributed by atoms with E-state index in [0.29, 0.717) is 13.1 Å². The lowest BCUT2D eigenvalue weighted by Gasteiger charge is -2.12. The number of hydrogen-bond acceptors (Lipinski definition) is 4. The van der Waals surface area contributed by atoms with Crippen LogP contribution in [0.5, 0.6) is 0 Å². The fourth-order valence-corrected chi connectivity index (χ4v) is 2.09. The summed E-state index contributed by atoms with van der Waals surface area (Å²) in [6.07, 6.45) is 3.06. The average molecular weight is 252 g/mol. The second-order valence-electron chi connectivity index (χ2n) is 4.66. The van der Waals surface area contributed by atoms with Gasteiger partial charge in [-0.3, -0.25) is 9.48 Å². The number of hydrogen-bond donors (Lipinski definition) is 2. The van der Waals surface area contributed by atoms with Crippen LogP contribution in [0.2, 0.25) is 0 Å². The van der Waals surface area contributed by atoms with Gasteiger partial charge >= 0.3 is 0 Å². The Kier molecular flexibility index (Phi) is 3.98. The monoisotopic (exact) mass is 252 g/mol. The van der Waals surface area contributed by atoms with Gasteiger partial charge in [-0.2, -0.15) is 5.10 Å². The zero-order valence-electron chi connectivity index (χ0n) is 10.8. The molecule has 18 heavy (non-hydrogen) atoms. The predicted molar refractivity (Wildman–Crippen MR) is 66.7 cm³/mol. The second-order valence-corrected chi connectivity index (χ2v) is 4.66. The molecule has 6 heteroatoms. The number of aromatic nitrogens is 2. The molecule has 1 aromatic rings. The first-order valence-corrected chi connectivity index (χ1v) is 6.22. The molecule has 1 aromatic heterocycles. The van der Waals surface area contributed by atoms with Gasteiger partial charge in [0.05, 0.1) is 12.3 Å². The minimum atomic E-state index is -0.351. The summed E-state index contributed by atoms with van der Waals surface area (Å²) >= 11 is 0. The highest BCUT2D eigenvalue weighted by Gasteiger charge is 2.29. The van der Waals surface area contributed by atoms with E-state index in [1.807, 2.05) is 14.0 Å². The van der Waals surface area contributed by atoms with Crippen LogP contribution in [0.15, 0.2) is 6.20 Å². The largest absolute Gasteiger partial charge is 0.364 e. The number of nitrogens with one attached hydrogen (secondary N) is 1. The summed E-state index contributed by atoms with van der Waals surface area (Å²) in [5.41, 5.74) is 7.60. The number of ether oxygens (including phenoxy) is 1. The molecule has 2 unspecified atom stereocenters. The molecular weight excluding hydrogens is 232 g/mol. The molecule has 100 valence electrons. The summed E-state index contributed by atoms with van der Waals surface area (Å²) in [6.45, 7) is 2.95. The molecule has 2 atom stereocenters. The van der Waals surface area contributed by atoms with Crippen LogP contribution in [-0.2, 0) is 23.1 Å². The topological polar surface area (TPSA) is 82.2 Å². The van der Waals surface area contributed by atoms with Gasteiger partial charge in [-0.15, -0.1) is 0 Å². The van der Waals surface area contributed by atoms with E-state index >= 15 is 0 Å². The number of amides is 1. The van der Waals surface area contributed by atoms with E-state index in [1.165, 1.54) is 0 Å². The first kappa shape index (κ1) is 13.0. The van der Waals surface area contributed by atoms with Gasteiger partial charge in [0, 0.05) is 31.4 Å². The predicted octanol–water partition coefficient (Wildman–Crippen LogP) is -0.149. The van der Waals surface area contributed by atoms with Crippen LogP contribution >= 0.6 is 0 Å². The Bertz CT molecular complexity index is 430. The Labute approximate surface area is 106 Å². The highest BCUT2D eigenvalue weighted by atomic mass is 16.5. The van der Waals surface area contributed by atoms with Crippen molar-refractivity contribution in [3.8, 4) is 0 Å². The fourth-order valence-electron chi connectivity index (χ4n) is 2.09. The number of nitrogens with two attached hydrogens (primary N) is 1. The molecule has 0 bridgehead atoms. The molecule has 0 spiro atoms. The minimum Gasteiger partial charge on any atom is -0.364 e. The van der Waals surface area contributed by atoms with Crippen molar-refractivity contribution in [1.82, 2.24) is 15.1 Å². The van der Waals surface area contributed by atoms with E-state index in [4.69, 9.17) is 10.5 Å². The van der Waals surface area contributed by atoms with Gasteiger partial charge in [0.1, 0.15) is 6.10 Å². The van der Waals surface area contributed by atoms with Crippen LogP contribution in [0, 0.1) is 6.92 Å². The van der Waals surface area contributed by atoms with Crippen molar-refractivity contribution >= 4 is 5.91 Å². The summed E-state index contributed by atoms with van der Waals surface area (Å²) in [4.78, 5) is 11.9. The first-order valence-electron chi connectivity index (χ1n) is 6.22. The molecule has 3 N–H and O–H groups in total. The molecule has 0 radical (unpaired) electrons. The van der Waals surface area contributed by atoms with Crippen molar-refractivity contribution in [3.05, 3.63) is 17.5 Å². The molecular formula is C12H20N4O2. The van der Waals surface area contributed by atoms with Crippen molar-refractivity contribution in [1.29, 1.82) is 0 Å². The van der Waals surface area contributed by atoms with Crippen LogP contribution in [0.3, 0.4) is 0 Å². The van der Waals surface area contributed by atoms with Gasteiger partial charge in [-0.05, 0) is 19.8 Å². The highest BCUT2D eigenvalue weighted by Crippen LogP contribution is 2.19. The normalized spacial score (nSPS) is 23.3. The molecule has 1 amide bonds. The number of nitrogens with zero attached hydrogens (tertiary/aromatic N) is 2. The third kappa shape index (κ3) is 2.70. The molecule has 1 fully saturated rings. The van der Waals surface area contributed by atoms with Crippen LogP contribution in [0.25, 0.3) is 0 Å². The average Bonchev–Trinajstić information content (AvgIpc) is 2.96. The maximum Gasteiger partial charge on any atom is 0.249 e. The minimum absolute atomic E-state index is 0.0286. The number of rotatable bonds is 4. The molecule has 1 aliphatic rings. The van der Waals surface area contributed by atoms with Crippen molar-refractivity contribution in [2.45, 2.75) is 38.5 Å². The molecule has 2 rings (SSSR count). The van der Waals surface area contributed by atoms with Gasteiger partial charge in [-0.25, -0.2) is 0 Å². The molecule has 0 saturated carbocycles. The Morgan fingerprint density at radius 1 is 1.67 bits per heavy atom. The molecule has 0 aromatic carbocycles. The third-order valence-corrected chi connectivity index (χ3v) is 3.45.